The maximum atomic E-state index is 11.4. The van der Waals surface area contributed by atoms with Crippen LogP contribution in [0.1, 0.15) is 66.5 Å². The molecule has 1 aromatic heterocycles. The standard InChI is InChI=1S/C20H23ClN2O5/c21-20(22-26)19-17(14-8-9-14)18(23-28-19)15(11-16(24)25)7-4-10-27-12-13-5-2-1-3-6-13/h1-3,5-6,14-15,26H,4,7-12H2,(H,24,25)/t15-/m0/s1. The third-order valence-corrected chi connectivity index (χ3v) is 5.02. The molecule has 2 aromatic rings. The molecule has 7 nitrogen and oxygen atoms in total. The van der Waals surface area contributed by atoms with Crippen LogP contribution in [0.15, 0.2) is 40.0 Å². The van der Waals surface area contributed by atoms with Crippen molar-refractivity contribution < 1.29 is 24.4 Å². The van der Waals surface area contributed by atoms with E-state index in [1.54, 1.807) is 0 Å². The van der Waals surface area contributed by atoms with Crippen LogP contribution in [0.25, 0.3) is 0 Å². The maximum Gasteiger partial charge on any atom is 0.304 e. The van der Waals surface area contributed by atoms with Gasteiger partial charge in [-0.2, -0.15) is 0 Å². The normalized spacial score (nSPS) is 15.5. The first-order valence-electron chi connectivity index (χ1n) is 9.31. The third kappa shape index (κ3) is 5.33. The number of ether oxygens (including phenoxy) is 1. The van der Waals surface area contributed by atoms with Crippen molar-refractivity contribution in [3.8, 4) is 0 Å². The summed E-state index contributed by atoms with van der Waals surface area (Å²) in [5.41, 5.74) is 2.48. The van der Waals surface area contributed by atoms with Gasteiger partial charge in [-0.25, -0.2) is 0 Å². The van der Waals surface area contributed by atoms with Crippen LogP contribution in [0.4, 0.5) is 0 Å². The van der Waals surface area contributed by atoms with Crippen molar-refractivity contribution in [3.05, 3.63) is 52.9 Å². The third-order valence-electron chi connectivity index (χ3n) is 4.78. The van der Waals surface area contributed by atoms with Crippen molar-refractivity contribution in [2.75, 3.05) is 6.61 Å². The number of nitrogens with zero attached hydrogens (tertiary/aromatic N) is 2. The first-order chi connectivity index (χ1) is 13.6. The summed E-state index contributed by atoms with van der Waals surface area (Å²) in [7, 11) is 0. The lowest BCUT2D eigenvalue weighted by atomic mass is 9.91. The number of aliphatic carboxylic acids is 1. The van der Waals surface area contributed by atoms with E-state index >= 15 is 0 Å². The van der Waals surface area contributed by atoms with E-state index in [0.29, 0.717) is 31.7 Å². The summed E-state index contributed by atoms with van der Waals surface area (Å²) in [4.78, 5) is 11.4. The number of benzene rings is 1. The number of carbonyl (C=O) groups is 1. The van der Waals surface area contributed by atoms with Crippen LogP contribution in [0.2, 0.25) is 0 Å². The molecule has 28 heavy (non-hydrogen) atoms. The highest BCUT2D eigenvalue weighted by molar-refractivity contribution is 6.69. The number of carboxylic acids is 1. The first kappa shape index (κ1) is 20.4. The van der Waals surface area contributed by atoms with E-state index in [1.807, 2.05) is 30.3 Å². The largest absolute Gasteiger partial charge is 0.481 e. The maximum absolute atomic E-state index is 11.4. The Morgan fingerprint density at radius 1 is 1.36 bits per heavy atom. The van der Waals surface area contributed by atoms with Crippen molar-refractivity contribution in [1.82, 2.24) is 5.16 Å². The van der Waals surface area contributed by atoms with E-state index in [-0.39, 0.29) is 29.2 Å². The molecule has 1 aliphatic carbocycles. The van der Waals surface area contributed by atoms with Gasteiger partial charge in [-0.05, 0) is 37.2 Å². The number of rotatable bonds is 11. The molecule has 0 amide bonds. The number of carboxylic acid groups (broad SMARTS) is 1. The molecule has 3 rings (SSSR count). The van der Waals surface area contributed by atoms with Gasteiger partial charge in [0.15, 0.2) is 0 Å². The minimum atomic E-state index is -0.900. The van der Waals surface area contributed by atoms with E-state index in [2.05, 4.69) is 10.3 Å². The minimum absolute atomic E-state index is 0.0573. The number of hydrogen-bond donors (Lipinski definition) is 2. The van der Waals surface area contributed by atoms with Gasteiger partial charge >= 0.3 is 5.97 Å². The zero-order valence-electron chi connectivity index (χ0n) is 15.4. The molecular weight excluding hydrogens is 384 g/mol. The fourth-order valence-corrected chi connectivity index (χ4v) is 3.44. The van der Waals surface area contributed by atoms with Crippen LogP contribution >= 0.6 is 11.6 Å². The second kappa shape index (κ2) is 9.71. The van der Waals surface area contributed by atoms with E-state index in [9.17, 15) is 9.90 Å². The second-order valence-corrected chi connectivity index (χ2v) is 7.31. The lowest BCUT2D eigenvalue weighted by Crippen LogP contribution is -2.10. The average Bonchev–Trinajstić information content (AvgIpc) is 3.44. The predicted molar refractivity (Wildman–Crippen MR) is 103 cm³/mol. The molecule has 0 radical (unpaired) electrons. The van der Waals surface area contributed by atoms with Crippen LogP contribution in [0, 0.1) is 0 Å². The SMILES string of the molecule is O=C(O)C[C@H](CCCOCc1ccccc1)c1noc(C(Cl)=NO)c1C1CC1. The smallest absolute Gasteiger partial charge is 0.304 e. The highest BCUT2D eigenvalue weighted by atomic mass is 35.5. The van der Waals surface area contributed by atoms with E-state index in [4.69, 9.17) is 26.1 Å². The van der Waals surface area contributed by atoms with Crippen molar-refractivity contribution in [1.29, 1.82) is 0 Å². The molecule has 8 heteroatoms. The van der Waals surface area contributed by atoms with Gasteiger partial charge in [-0.3, -0.25) is 4.79 Å². The van der Waals surface area contributed by atoms with Gasteiger partial charge in [0.2, 0.25) is 10.9 Å². The van der Waals surface area contributed by atoms with Crippen LogP contribution in [0.5, 0.6) is 0 Å². The minimum Gasteiger partial charge on any atom is -0.481 e. The number of oxime groups is 1. The van der Waals surface area contributed by atoms with Gasteiger partial charge in [-0.15, -0.1) is 0 Å². The second-order valence-electron chi connectivity index (χ2n) is 6.95. The Balaban J connectivity index is 1.64. The number of hydrogen-bond acceptors (Lipinski definition) is 6. The van der Waals surface area contributed by atoms with Crippen molar-refractivity contribution in [2.24, 2.45) is 5.16 Å². The summed E-state index contributed by atoms with van der Waals surface area (Å²) in [6, 6.07) is 9.88. The Labute approximate surface area is 167 Å². The average molecular weight is 407 g/mol. The van der Waals surface area contributed by atoms with Gasteiger partial charge in [0.05, 0.1) is 18.7 Å². The highest BCUT2D eigenvalue weighted by Gasteiger charge is 2.36. The first-order valence-corrected chi connectivity index (χ1v) is 9.68. The number of halogens is 1. The van der Waals surface area contributed by atoms with E-state index in [0.717, 1.165) is 24.0 Å². The van der Waals surface area contributed by atoms with Crippen molar-refractivity contribution >= 4 is 22.7 Å². The zero-order valence-corrected chi connectivity index (χ0v) is 16.1. The molecule has 150 valence electrons. The molecule has 1 aromatic carbocycles. The topological polar surface area (TPSA) is 105 Å². The molecular formula is C20H23ClN2O5. The molecule has 2 N–H and O–H groups in total. The molecule has 1 atom stereocenters. The number of aromatic nitrogens is 1. The van der Waals surface area contributed by atoms with Crippen LogP contribution in [-0.4, -0.2) is 33.2 Å². The molecule has 1 aliphatic rings. The quantitative estimate of drug-likeness (QED) is 0.246. The molecule has 0 spiro atoms. The monoisotopic (exact) mass is 406 g/mol. The Bertz CT molecular complexity index is 817. The lowest BCUT2D eigenvalue weighted by molar-refractivity contribution is -0.137. The molecule has 1 saturated carbocycles. The Kier molecular flexibility index (Phi) is 7.06. The molecule has 1 fully saturated rings. The molecule has 1 heterocycles. The lowest BCUT2D eigenvalue weighted by Gasteiger charge is -2.14. The summed E-state index contributed by atoms with van der Waals surface area (Å²) >= 11 is 5.93. The molecule has 0 aliphatic heterocycles. The van der Waals surface area contributed by atoms with Crippen LogP contribution in [0.3, 0.4) is 0 Å². The van der Waals surface area contributed by atoms with Gasteiger partial charge < -0.3 is 19.6 Å². The molecule has 0 saturated heterocycles. The molecule has 0 unspecified atom stereocenters. The summed E-state index contributed by atoms with van der Waals surface area (Å²) in [6.07, 6.45) is 3.14. The Morgan fingerprint density at radius 2 is 2.11 bits per heavy atom. The van der Waals surface area contributed by atoms with Crippen LogP contribution < -0.4 is 0 Å². The van der Waals surface area contributed by atoms with Gasteiger partial charge in [0, 0.05) is 18.1 Å². The molecule has 0 bridgehead atoms. The van der Waals surface area contributed by atoms with Gasteiger partial charge in [0.25, 0.3) is 0 Å². The highest BCUT2D eigenvalue weighted by Crippen LogP contribution is 2.46. The summed E-state index contributed by atoms with van der Waals surface area (Å²) in [5.74, 6) is -0.757. The van der Waals surface area contributed by atoms with Crippen molar-refractivity contribution in [2.45, 2.75) is 50.5 Å². The summed E-state index contributed by atoms with van der Waals surface area (Å²) < 4.78 is 11.0. The van der Waals surface area contributed by atoms with Gasteiger partial charge in [0.1, 0.15) is 0 Å². The van der Waals surface area contributed by atoms with Crippen LogP contribution in [-0.2, 0) is 16.1 Å². The summed E-state index contributed by atoms with van der Waals surface area (Å²) in [5, 5.41) is 25.2. The fourth-order valence-electron chi connectivity index (χ4n) is 3.31. The van der Waals surface area contributed by atoms with E-state index in [1.165, 1.54) is 0 Å². The van der Waals surface area contributed by atoms with E-state index < -0.39 is 5.97 Å². The zero-order chi connectivity index (χ0) is 19.9. The Morgan fingerprint density at radius 3 is 2.75 bits per heavy atom. The van der Waals surface area contributed by atoms with Gasteiger partial charge in [-0.1, -0.05) is 52.2 Å². The van der Waals surface area contributed by atoms with Crippen molar-refractivity contribution in [3.63, 3.8) is 0 Å². The summed E-state index contributed by atoms with van der Waals surface area (Å²) in [6.45, 7) is 1.04. The Hall–Kier alpha value is -2.38. The fraction of sp³-hybridized carbons (Fsp3) is 0.450. The predicted octanol–water partition coefficient (Wildman–Crippen LogP) is 4.48.